The molecule has 2 amide bonds. The van der Waals surface area contributed by atoms with E-state index in [1.807, 2.05) is 12.1 Å². The van der Waals surface area contributed by atoms with E-state index in [1.54, 1.807) is 12.1 Å². The predicted molar refractivity (Wildman–Crippen MR) is 77.8 cm³/mol. The van der Waals surface area contributed by atoms with E-state index >= 15 is 0 Å². The second-order valence-electron chi connectivity index (χ2n) is 4.45. The van der Waals surface area contributed by atoms with Gasteiger partial charge in [-0.05, 0) is 12.1 Å². The lowest BCUT2D eigenvalue weighted by Crippen LogP contribution is -2.46. The summed E-state index contributed by atoms with van der Waals surface area (Å²) in [5.74, 6) is 0. The number of nitrogens with zero attached hydrogens (tertiary/aromatic N) is 1. The zero-order valence-electron chi connectivity index (χ0n) is 10.8. The van der Waals surface area contributed by atoms with Crippen LogP contribution in [0, 0.1) is 0 Å². The average Bonchev–Trinajstić information content (AvgIpc) is 2.43. The van der Waals surface area contributed by atoms with Crippen LogP contribution in [0.2, 0.25) is 5.02 Å². The number of anilines is 1. The maximum Gasteiger partial charge on any atom is 0.319 e. The van der Waals surface area contributed by atoms with Crippen molar-refractivity contribution < 1.29 is 4.79 Å². The molecule has 0 aromatic heterocycles. The minimum Gasteiger partial charge on any atom is -0.337 e. The number of halogens is 1. The van der Waals surface area contributed by atoms with E-state index < -0.39 is 0 Å². The average molecular weight is 283 g/mol. The van der Waals surface area contributed by atoms with Crippen molar-refractivity contribution >= 4 is 23.3 Å². The molecule has 19 heavy (non-hydrogen) atoms. The van der Waals surface area contributed by atoms with Gasteiger partial charge >= 0.3 is 6.03 Å². The van der Waals surface area contributed by atoms with Crippen LogP contribution in [-0.2, 0) is 0 Å². The number of carbonyl (C=O) groups is 1. The topological polar surface area (TPSA) is 56.4 Å². The minimum absolute atomic E-state index is 0.219. The van der Waals surface area contributed by atoms with Crippen LogP contribution in [0.15, 0.2) is 24.3 Å². The Labute approximate surface area is 118 Å². The zero-order valence-corrected chi connectivity index (χ0v) is 11.5. The molecule has 104 valence electrons. The van der Waals surface area contributed by atoms with E-state index in [2.05, 4.69) is 20.9 Å². The van der Waals surface area contributed by atoms with E-state index in [1.165, 1.54) is 0 Å². The lowest BCUT2D eigenvalue weighted by Gasteiger charge is -2.27. The molecule has 3 N–H and O–H groups in total. The SMILES string of the molecule is O=C(NCCN1CCNCC1)Nc1ccccc1Cl. The molecule has 0 spiro atoms. The third kappa shape index (κ3) is 4.70. The Hall–Kier alpha value is -1.30. The van der Waals surface area contributed by atoms with Crippen LogP contribution in [0.1, 0.15) is 0 Å². The molecule has 0 radical (unpaired) electrons. The first kappa shape index (κ1) is 14.1. The highest BCUT2D eigenvalue weighted by Gasteiger charge is 2.09. The van der Waals surface area contributed by atoms with Crippen molar-refractivity contribution in [1.82, 2.24) is 15.5 Å². The number of rotatable bonds is 4. The molecular formula is C13H19ClN4O. The van der Waals surface area contributed by atoms with Gasteiger partial charge in [-0.2, -0.15) is 0 Å². The van der Waals surface area contributed by atoms with Crippen LogP contribution >= 0.6 is 11.6 Å². The largest absolute Gasteiger partial charge is 0.337 e. The van der Waals surface area contributed by atoms with Gasteiger partial charge in [0, 0.05) is 39.3 Å². The lowest BCUT2D eigenvalue weighted by atomic mass is 10.3. The lowest BCUT2D eigenvalue weighted by molar-refractivity contribution is 0.233. The minimum atomic E-state index is -0.219. The van der Waals surface area contributed by atoms with Gasteiger partial charge in [0.25, 0.3) is 0 Å². The molecule has 0 bridgehead atoms. The third-order valence-corrected chi connectivity index (χ3v) is 3.37. The Morgan fingerprint density at radius 1 is 1.32 bits per heavy atom. The second kappa shape index (κ2) is 7.33. The summed E-state index contributed by atoms with van der Waals surface area (Å²) >= 11 is 5.97. The van der Waals surface area contributed by atoms with Crippen LogP contribution < -0.4 is 16.0 Å². The van der Waals surface area contributed by atoms with Crippen molar-refractivity contribution in [3.8, 4) is 0 Å². The van der Waals surface area contributed by atoms with Crippen LogP contribution in [0.25, 0.3) is 0 Å². The standard InChI is InChI=1S/C13H19ClN4O/c14-11-3-1-2-4-12(11)17-13(19)16-7-10-18-8-5-15-6-9-18/h1-4,15H,5-10H2,(H2,16,17,19). The Balaban J connectivity index is 1.68. The van der Waals surface area contributed by atoms with E-state index in [-0.39, 0.29) is 6.03 Å². The highest BCUT2D eigenvalue weighted by atomic mass is 35.5. The number of carbonyl (C=O) groups excluding carboxylic acids is 1. The van der Waals surface area contributed by atoms with Crippen LogP contribution in [0.3, 0.4) is 0 Å². The molecule has 0 unspecified atom stereocenters. The molecule has 1 aliphatic heterocycles. The van der Waals surface area contributed by atoms with Gasteiger partial charge in [0.15, 0.2) is 0 Å². The summed E-state index contributed by atoms with van der Waals surface area (Å²) in [5, 5.41) is 9.41. The van der Waals surface area contributed by atoms with Crippen molar-refractivity contribution in [2.75, 3.05) is 44.6 Å². The summed E-state index contributed by atoms with van der Waals surface area (Å²) in [6, 6.07) is 6.97. The number of hydrogen-bond acceptors (Lipinski definition) is 3. The molecule has 1 aromatic carbocycles. The van der Waals surface area contributed by atoms with E-state index in [4.69, 9.17) is 11.6 Å². The molecule has 5 nitrogen and oxygen atoms in total. The number of urea groups is 1. The summed E-state index contributed by atoms with van der Waals surface area (Å²) in [7, 11) is 0. The summed E-state index contributed by atoms with van der Waals surface area (Å²) < 4.78 is 0. The fourth-order valence-corrected chi connectivity index (χ4v) is 2.17. The molecule has 1 aliphatic rings. The van der Waals surface area contributed by atoms with Gasteiger partial charge in [0.05, 0.1) is 10.7 Å². The van der Waals surface area contributed by atoms with Crippen molar-refractivity contribution in [2.24, 2.45) is 0 Å². The maximum absolute atomic E-state index is 11.7. The highest BCUT2D eigenvalue weighted by Crippen LogP contribution is 2.19. The van der Waals surface area contributed by atoms with Gasteiger partial charge in [0.1, 0.15) is 0 Å². The first-order valence-electron chi connectivity index (χ1n) is 6.48. The number of amides is 2. The Kier molecular flexibility index (Phi) is 5.44. The fraction of sp³-hybridized carbons (Fsp3) is 0.462. The quantitative estimate of drug-likeness (QED) is 0.782. The molecule has 1 aromatic rings. The third-order valence-electron chi connectivity index (χ3n) is 3.05. The highest BCUT2D eigenvalue weighted by molar-refractivity contribution is 6.33. The molecule has 1 heterocycles. The van der Waals surface area contributed by atoms with Gasteiger partial charge in [-0.3, -0.25) is 4.90 Å². The van der Waals surface area contributed by atoms with Crippen LogP contribution in [-0.4, -0.2) is 50.2 Å². The van der Waals surface area contributed by atoms with Gasteiger partial charge in [-0.15, -0.1) is 0 Å². The van der Waals surface area contributed by atoms with Gasteiger partial charge in [-0.1, -0.05) is 23.7 Å². The Bertz CT molecular complexity index is 421. The molecule has 0 aliphatic carbocycles. The van der Waals surface area contributed by atoms with Crippen LogP contribution in [0.4, 0.5) is 10.5 Å². The molecule has 2 rings (SSSR count). The molecule has 1 saturated heterocycles. The number of hydrogen-bond donors (Lipinski definition) is 3. The molecule has 6 heteroatoms. The van der Waals surface area contributed by atoms with Gasteiger partial charge in [-0.25, -0.2) is 4.79 Å². The summed E-state index contributed by atoms with van der Waals surface area (Å²) in [6.07, 6.45) is 0. The normalized spacial score (nSPS) is 16.1. The van der Waals surface area contributed by atoms with E-state index in [9.17, 15) is 4.79 Å². The molecular weight excluding hydrogens is 264 g/mol. The molecule has 0 atom stereocenters. The molecule has 1 fully saturated rings. The Morgan fingerprint density at radius 2 is 2.05 bits per heavy atom. The predicted octanol–water partition coefficient (Wildman–Crippen LogP) is 1.37. The number of para-hydroxylation sites is 1. The summed E-state index contributed by atoms with van der Waals surface area (Å²) in [5.41, 5.74) is 0.629. The summed E-state index contributed by atoms with van der Waals surface area (Å²) in [6.45, 7) is 5.62. The molecule has 0 saturated carbocycles. The number of piperazine rings is 1. The van der Waals surface area contributed by atoms with Gasteiger partial charge in [0.2, 0.25) is 0 Å². The monoisotopic (exact) mass is 282 g/mol. The van der Waals surface area contributed by atoms with Crippen molar-refractivity contribution in [3.05, 3.63) is 29.3 Å². The fourth-order valence-electron chi connectivity index (χ4n) is 1.99. The van der Waals surface area contributed by atoms with Gasteiger partial charge < -0.3 is 16.0 Å². The van der Waals surface area contributed by atoms with Crippen molar-refractivity contribution in [3.63, 3.8) is 0 Å². The van der Waals surface area contributed by atoms with Crippen molar-refractivity contribution in [1.29, 1.82) is 0 Å². The second-order valence-corrected chi connectivity index (χ2v) is 4.86. The van der Waals surface area contributed by atoms with Crippen molar-refractivity contribution in [2.45, 2.75) is 0 Å². The Morgan fingerprint density at radius 3 is 2.79 bits per heavy atom. The van der Waals surface area contributed by atoms with E-state index in [0.717, 1.165) is 32.7 Å². The zero-order chi connectivity index (χ0) is 13.5. The maximum atomic E-state index is 11.7. The van der Waals surface area contributed by atoms with E-state index in [0.29, 0.717) is 17.3 Å². The first-order chi connectivity index (χ1) is 9.25. The summed E-state index contributed by atoms with van der Waals surface area (Å²) in [4.78, 5) is 14.0. The smallest absolute Gasteiger partial charge is 0.319 e. The van der Waals surface area contributed by atoms with Crippen LogP contribution in [0.5, 0.6) is 0 Å². The first-order valence-corrected chi connectivity index (χ1v) is 6.86. The number of benzene rings is 1. The number of nitrogens with one attached hydrogen (secondary N) is 3.